The van der Waals surface area contributed by atoms with Crippen molar-refractivity contribution in [3.63, 3.8) is 0 Å². The minimum absolute atomic E-state index is 0.00662. The Kier molecular flexibility index (Phi) is 3.21. The molecule has 1 heterocycles. The van der Waals surface area contributed by atoms with Crippen LogP contribution in [0.3, 0.4) is 0 Å². The van der Waals surface area contributed by atoms with Crippen LogP contribution in [0.25, 0.3) is 0 Å². The Hall–Kier alpha value is -3.42. The Morgan fingerprint density at radius 1 is 1.00 bits per heavy atom. The molecule has 0 radical (unpaired) electrons. The fourth-order valence-corrected chi connectivity index (χ4v) is 2.36. The van der Waals surface area contributed by atoms with E-state index >= 15 is 0 Å². The second kappa shape index (κ2) is 5.09. The number of rotatable bonds is 2. The van der Waals surface area contributed by atoms with Crippen molar-refractivity contribution in [2.75, 3.05) is 0 Å². The number of amides is 2. The number of hydrogen-bond acceptors (Lipinski definition) is 6. The normalized spacial score (nSPS) is 13.0. The molecule has 1 aliphatic heterocycles. The minimum atomic E-state index is -0.803. The van der Waals surface area contributed by atoms with Crippen LogP contribution in [-0.4, -0.2) is 37.2 Å². The molecule has 0 saturated heterocycles. The zero-order chi connectivity index (χ0) is 16.7. The number of nitrogens with one attached hydrogen (secondary N) is 1. The van der Waals surface area contributed by atoms with E-state index in [0.29, 0.717) is 5.56 Å². The summed E-state index contributed by atoms with van der Waals surface area (Å²) in [7, 11) is 0. The first-order valence-electron chi connectivity index (χ1n) is 6.57. The molecule has 0 aliphatic carbocycles. The third-order valence-corrected chi connectivity index (χ3v) is 3.53. The van der Waals surface area contributed by atoms with Crippen LogP contribution in [0.4, 0.5) is 0 Å². The van der Waals surface area contributed by atoms with Crippen LogP contribution in [0.2, 0.25) is 0 Å². The van der Waals surface area contributed by atoms with Gasteiger partial charge in [-0.15, -0.1) is 0 Å². The highest BCUT2D eigenvalue weighted by molar-refractivity contribution is 6.04. The molecule has 0 saturated carbocycles. The van der Waals surface area contributed by atoms with Gasteiger partial charge in [-0.25, -0.2) is 5.01 Å². The molecular weight excluding hydrogens is 304 g/mol. The number of hydrogen-bond donors (Lipinski definition) is 5. The second-order valence-electron chi connectivity index (χ2n) is 4.97. The van der Waals surface area contributed by atoms with Crippen LogP contribution < -0.4 is 5.43 Å². The van der Waals surface area contributed by atoms with Crippen LogP contribution >= 0.6 is 0 Å². The molecule has 3 rings (SSSR count). The molecule has 23 heavy (non-hydrogen) atoms. The number of fused-ring (bicyclic) bond motifs is 1. The quantitative estimate of drug-likeness (QED) is 0.521. The predicted octanol–water partition coefficient (Wildman–Crippen LogP) is 0.810. The first-order chi connectivity index (χ1) is 10.9. The summed E-state index contributed by atoms with van der Waals surface area (Å²) >= 11 is 0. The number of phenols is 4. The van der Waals surface area contributed by atoms with Crippen molar-refractivity contribution in [1.82, 2.24) is 10.4 Å². The van der Waals surface area contributed by atoms with Crippen LogP contribution in [0.15, 0.2) is 30.3 Å². The fraction of sp³-hybridized carbons (Fsp3) is 0.0667. The van der Waals surface area contributed by atoms with E-state index in [4.69, 9.17) is 0 Å². The Labute approximate surface area is 129 Å². The molecule has 0 fully saturated rings. The summed E-state index contributed by atoms with van der Waals surface area (Å²) in [5.74, 6) is -3.55. The van der Waals surface area contributed by atoms with Gasteiger partial charge in [-0.2, -0.15) is 0 Å². The van der Waals surface area contributed by atoms with Crippen molar-refractivity contribution in [2.45, 2.75) is 6.54 Å². The molecule has 2 aromatic rings. The van der Waals surface area contributed by atoms with Gasteiger partial charge in [0.2, 0.25) is 0 Å². The third-order valence-electron chi connectivity index (χ3n) is 3.53. The van der Waals surface area contributed by atoms with Gasteiger partial charge in [0.25, 0.3) is 11.8 Å². The van der Waals surface area contributed by atoms with E-state index in [1.54, 1.807) is 0 Å². The molecule has 2 amide bonds. The molecule has 8 nitrogen and oxygen atoms in total. The molecule has 8 heteroatoms. The number of para-hydroxylation sites is 1. The van der Waals surface area contributed by atoms with Gasteiger partial charge in [0.15, 0.2) is 23.0 Å². The molecule has 0 aromatic heterocycles. The summed E-state index contributed by atoms with van der Waals surface area (Å²) < 4.78 is 0. The van der Waals surface area contributed by atoms with E-state index in [9.17, 15) is 30.0 Å². The van der Waals surface area contributed by atoms with Gasteiger partial charge in [0.1, 0.15) is 0 Å². The number of carbonyl (C=O) groups is 2. The Morgan fingerprint density at radius 3 is 2.43 bits per heavy atom. The van der Waals surface area contributed by atoms with Crippen LogP contribution in [-0.2, 0) is 6.54 Å². The first-order valence-corrected chi connectivity index (χ1v) is 6.57. The number of benzene rings is 2. The third kappa shape index (κ3) is 2.26. The largest absolute Gasteiger partial charge is 0.504 e. The molecule has 2 aromatic carbocycles. The predicted molar refractivity (Wildman–Crippen MR) is 76.9 cm³/mol. The van der Waals surface area contributed by atoms with Gasteiger partial charge >= 0.3 is 0 Å². The lowest BCUT2D eigenvalue weighted by Crippen LogP contribution is -2.42. The summed E-state index contributed by atoms with van der Waals surface area (Å²) in [5.41, 5.74) is 2.42. The number of nitrogens with zero attached hydrogens (tertiary/aromatic N) is 1. The van der Waals surface area contributed by atoms with E-state index in [2.05, 4.69) is 5.43 Å². The van der Waals surface area contributed by atoms with E-state index < -0.39 is 34.8 Å². The topological polar surface area (TPSA) is 130 Å². The monoisotopic (exact) mass is 316 g/mol. The zero-order valence-electron chi connectivity index (χ0n) is 11.6. The summed E-state index contributed by atoms with van der Waals surface area (Å²) in [4.78, 5) is 24.4. The summed E-state index contributed by atoms with van der Waals surface area (Å²) in [5, 5.41) is 39.2. The van der Waals surface area contributed by atoms with Gasteiger partial charge in [-0.05, 0) is 23.8 Å². The summed E-state index contributed by atoms with van der Waals surface area (Å²) in [6.45, 7) is -0.00662. The Balaban J connectivity index is 1.86. The van der Waals surface area contributed by atoms with E-state index in [0.717, 1.165) is 5.01 Å². The molecular formula is C15H12N2O6. The van der Waals surface area contributed by atoms with Crippen LogP contribution in [0, 0.1) is 0 Å². The maximum Gasteiger partial charge on any atom is 0.276 e. The summed E-state index contributed by atoms with van der Waals surface area (Å²) in [6.07, 6.45) is 0. The van der Waals surface area contributed by atoms with Gasteiger partial charge in [0, 0.05) is 0 Å². The molecule has 0 spiro atoms. The van der Waals surface area contributed by atoms with E-state index in [-0.39, 0.29) is 17.7 Å². The summed E-state index contributed by atoms with van der Waals surface area (Å²) in [6, 6.07) is 6.56. The number of phenolic OH excluding ortho intramolecular Hbond substituents is 4. The SMILES string of the molecule is O=C(NN1Cc2ccc(O)c(O)c2C1=O)c1cccc(O)c1O. The van der Waals surface area contributed by atoms with Crippen molar-refractivity contribution >= 4 is 11.8 Å². The average molecular weight is 316 g/mol. The number of aromatic hydroxyl groups is 4. The van der Waals surface area contributed by atoms with Gasteiger partial charge in [0.05, 0.1) is 17.7 Å². The van der Waals surface area contributed by atoms with Crippen molar-refractivity contribution in [2.24, 2.45) is 0 Å². The van der Waals surface area contributed by atoms with E-state index in [1.807, 2.05) is 0 Å². The lowest BCUT2D eigenvalue weighted by Gasteiger charge is -2.17. The fourth-order valence-electron chi connectivity index (χ4n) is 2.36. The minimum Gasteiger partial charge on any atom is -0.504 e. The lowest BCUT2D eigenvalue weighted by atomic mass is 10.1. The highest BCUT2D eigenvalue weighted by Crippen LogP contribution is 2.36. The molecule has 0 atom stereocenters. The molecule has 118 valence electrons. The zero-order valence-corrected chi connectivity index (χ0v) is 11.6. The molecule has 1 aliphatic rings. The maximum atomic E-state index is 12.2. The van der Waals surface area contributed by atoms with Crippen molar-refractivity contribution in [3.8, 4) is 23.0 Å². The molecule has 0 bridgehead atoms. The van der Waals surface area contributed by atoms with Crippen LogP contribution in [0.5, 0.6) is 23.0 Å². The maximum absolute atomic E-state index is 12.2. The molecule has 0 unspecified atom stereocenters. The Bertz CT molecular complexity index is 833. The smallest absolute Gasteiger partial charge is 0.276 e. The Morgan fingerprint density at radius 2 is 1.70 bits per heavy atom. The first kappa shape index (κ1) is 14.5. The number of carbonyl (C=O) groups excluding carboxylic acids is 2. The number of hydrazine groups is 1. The second-order valence-corrected chi connectivity index (χ2v) is 4.97. The highest BCUT2D eigenvalue weighted by Gasteiger charge is 2.33. The average Bonchev–Trinajstić information content (AvgIpc) is 2.83. The van der Waals surface area contributed by atoms with Gasteiger partial charge < -0.3 is 20.4 Å². The van der Waals surface area contributed by atoms with Crippen molar-refractivity contribution in [3.05, 3.63) is 47.0 Å². The highest BCUT2D eigenvalue weighted by atomic mass is 16.3. The van der Waals surface area contributed by atoms with Crippen molar-refractivity contribution in [1.29, 1.82) is 0 Å². The molecule has 5 N–H and O–H groups in total. The van der Waals surface area contributed by atoms with Gasteiger partial charge in [-0.3, -0.25) is 15.0 Å². The van der Waals surface area contributed by atoms with Crippen molar-refractivity contribution < 1.29 is 30.0 Å². The standard InChI is InChI=1S/C15H12N2O6/c18-9-3-1-2-8(12(9)20)14(22)16-17-6-7-4-5-10(19)13(21)11(7)15(17)23/h1-5,18-21H,6H2,(H,16,22). The van der Waals surface area contributed by atoms with Gasteiger partial charge in [-0.1, -0.05) is 12.1 Å². The lowest BCUT2D eigenvalue weighted by molar-refractivity contribution is 0.0599. The van der Waals surface area contributed by atoms with E-state index in [1.165, 1.54) is 30.3 Å². The van der Waals surface area contributed by atoms with Crippen LogP contribution in [0.1, 0.15) is 26.3 Å².